The molecule has 0 aliphatic carbocycles. The summed E-state index contributed by atoms with van der Waals surface area (Å²) >= 11 is 6.11. The van der Waals surface area contributed by atoms with Crippen molar-refractivity contribution in [3.63, 3.8) is 0 Å². The van der Waals surface area contributed by atoms with E-state index in [0.29, 0.717) is 5.02 Å². The number of azo groups is 1. The molecule has 0 amide bonds. The summed E-state index contributed by atoms with van der Waals surface area (Å²) in [7, 11) is 0. The highest BCUT2D eigenvalue weighted by Crippen LogP contribution is 2.30. The van der Waals surface area contributed by atoms with E-state index >= 15 is 0 Å². The molecule has 4 nitrogen and oxygen atoms in total. The van der Waals surface area contributed by atoms with E-state index in [9.17, 15) is 0 Å². The summed E-state index contributed by atoms with van der Waals surface area (Å²) in [5.74, 6) is 0.984. The van der Waals surface area contributed by atoms with Crippen LogP contribution in [0.4, 0.5) is 11.5 Å². The van der Waals surface area contributed by atoms with Crippen LogP contribution in [-0.2, 0) is 0 Å². The smallest absolute Gasteiger partial charge is 0.183 e. The molecular formula is C18H19ClN4. The Labute approximate surface area is 140 Å². The van der Waals surface area contributed by atoms with Gasteiger partial charge in [0.2, 0.25) is 0 Å². The summed E-state index contributed by atoms with van der Waals surface area (Å²) in [5, 5.41) is 9.51. The van der Waals surface area contributed by atoms with Gasteiger partial charge in [0.1, 0.15) is 5.65 Å². The average molecular weight is 327 g/mol. The number of imidazole rings is 1. The molecule has 23 heavy (non-hydrogen) atoms. The Morgan fingerprint density at radius 3 is 2.52 bits per heavy atom. The first-order valence-corrected chi connectivity index (χ1v) is 8.00. The predicted octanol–water partition coefficient (Wildman–Crippen LogP) is 6.14. The van der Waals surface area contributed by atoms with Gasteiger partial charge in [0.15, 0.2) is 5.82 Å². The van der Waals surface area contributed by atoms with Crippen LogP contribution in [0.2, 0.25) is 5.02 Å². The minimum atomic E-state index is 0.252. The SMILES string of the molecule is Cc1ccc(N=Nc2c(C(C)C)nc3ccc(Cl)cn23)cc1C. The molecule has 0 aliphatic heterocycles. The van der Waals surface area contributed by atoms with Gasteiger partial charge in [-0.15, -0.1) is 10.2 Å². The zero-order valence-electron chi connectivity index (χ0n) is 13.7. The van der Waals surface area contributed by atoms with Crippen molar-refractivity contribution in [2.45, 2.75) is 33.6 Å². The maximum atomic E-state index is 6.11. The molecule has 1 aromatic carbocycles. The van der Waals surface area contributed by atoms with Crippen molar-refractivity contribution in [1.29, 1.82) is 0 Å². The third-order valence-electron chi connectivity index (χ3n) is 3.88. The van der Waals surface area contributed by atoms with E-state index in [-0.39, 0.29) is 5.92 Å². The summed E-state index contributed by atoms with van der Waals surface area (Å²) < 4.78 is 1.89. The Balaban J connectivity index is 2.10. The zero-order chi connectivity index (χ0) is 16.6. The van der Waals surface area contributed by atoms with Crippen molar-refractivity contribution in [3.05, 3.63) is 58.4 Å². The number of pyridine rings is 1. The van der Waals surface area contributed by atoms with Gasteiger partial charge in [-0.25, -0.2) is 4.98 Å². The molecule has 0 spiro atoms. The van der Waals surface area contributed by atoms with Crippen LogP contribution in [0, 0.1) is 13.8 Å². The van der Waals surface area contributed by atoms with Gasteiger partial charge in [0.05, 0.1) is 16.4 Å². The standard InChI is InChI=1S/C18H19ClN4/c1-11(2)17-18(23-10-14(19)6-8-16(23)20-17)22-21-15-7-5-12(3)13(4)9-15/h5-11H,1-4H3. The molecule has 0 N–H and O–H groups in total. The van der Waals surface area contributed by atoms with Crippen LogP contribution < -0.4 is 0 Å². The van der Waals surface area contributed by atoms with Gasteiger partial charge in [-0.1, -0.05) is 31.5 Å². The second-order valence-electron chi connectivity index (χ2n) is 6.02. The Morgan fingerprint density at radius 2 is 1.83 bits per heavy atom. The number of benzene rings is 1. The Morgan fingerprint density at radius 1 is 1.04 bits per heavy atom. The Hall–Kier alpha value is -2.20. The van der Waals surface area contributed by atoms with E-state index in [1.807, 2.05) is 34.9 Å². The molecule has 0 saturated heterocycles. The number of hydrogen-bond acceptors (Lipinski definition) is 3. The van der Waals surface area contributed by atoms with Gasteiger partial charge in [-0.3, -0.25) is 4.40 Å². The Bertz CT molecular complexity index is 893. The van der Waals surface area contributed by atoms with Crippen molar-refractivity contribution >= 4 is 28.8 Å². The van der Waals surface area contributed by atoms with Crippen LogP contribution in [0.25, 0.3) is 5.65 Å². The molecule has 5 heteroatoms. The molecule has 0 saturated carbocycles. The van der Waals surface area contributed by atoms with Crippen molar-refractivity contribution in [1.82, 2.24) is 9.38 Å². The highest BCUT2D eigenvalue weighted by molar-refractivity contribution is 6.30. The van der Waals surface area contributed by atoms with Crippen LogP contribution in [0.1, 0.15) is 36.6 Å². The minimum Gasteiger partial charge on any atom is -0.281 e. The van der Waals surface area contributed by atoms with Crippen LogP contribution in [0.3, 0.4) is 0 Å². The minimum absolute atomic E-state index is 0.252. The van der Waals surface area contributed by atoms with E-state index in [1.165, 1.54) is 11.1 Å². The molecular weight excluding hydrogens is 308 g/mol. The molecule has 2 aromatic heterocycles. The zero-order valence-corrected chi connectivity index (χ0v) is 14.5. The lowest BCUT2D eigenvalue weighted by Crippen LogP contribution is -1.87. The van der Waals surface area contributed by atoms with Crippen molar-refractivity contribution in [3.8, 4) is 0 Å². The lowest BCUT2D eigenvalue weighted by atomic mass is 10.1. The molecule has 0 radical (unpaired) electrons. The monoisotopic (exact) mass is 326 g/mol. The van der Waals surface area contributed by atoms with Crippen LogP contribution >= 0.6 is 11.6 Å². The molecule has 0 aliphatic rings. The summed E-state index contributed by atoms with van der Waals surface area (Å²) in [6, 6.07) is 9.78. The van der Waals surface area contributed by atoms with Gasteiger partial charge in [0.25, 0.3) is 0 Å². The number of aryl methyl sites for hydroxylation is 2. The maximum absolute atomic E-state index is 6.11. The number of halogens is 1. The molecule has 0 unspecified atom stereocenters. The summed E-state index contributed by atoms with van der Waals surface area (Å²) in [4.78, 5) is 4.65. The molecule has 0 fully saturated rings. The van der Waals surface area contributed by atoms with Gasteiger partial charge in [0, 0.05) is 6.20 Å². The first-order chi connectivity index (χ1) is 11.0. The largest absolute Gasteiger partial charge is 0.281 e. The summed E-state index contributed by atoms with van der Waals surface area (Å²) in [6.07, 6.45) is 1.82. The van der Waals surface area contributed by atoms with Gasteiger partial charge in [-0.2, -0.15) is 0 Å². The van der Waals surface area contributed by atoms with Crippen LogP contribution in [0.15, 0.2) is 46.8 Å². The van der Waals surface area contributed by atoms with Crippen LogP contribution in [-0.4, -0.2) is 9.38 Å². The lowest BCUT2D eigenvalue weighted by Gasteiger charge is -2.03. The van der Waals surface area contributed by atoms with E-state index in [4.69, 9.17) is 11.6 Å². The molecule has 3 rings (SSSR count). The average Bonchev–Trinajstić information content (AvgIpc) is 2.86. The fraction of sp³-hybridized carbons (Fsp3) is 0.278. The first kappa shape index (κ1) is 15.7. The van der Waals surface area contributed by atoms with Crippen molar-refractivity contribution in [2.24, 2.45) is 10.2 Å². The van der Waals surface area contributed by atoms with E-state index in [2.05, 4.69) is 49.0 Å². The third kappa shape index (κ3) is 3.13. The van der Waals surface area contributed by atoms with Gasteiger partial charge >= 0.3 is 0 Å². The third-order valence-corrected chi connectivity index (χ3v) is 4.10. The number of rotatable bonds is 3. The quantitative estimate of drug-likeness (QED) is 0.533. The van der Waals surface area contributed by atoms with Crippen molar-refractivity contribution < 1.29 is 0 Å². The number of aromatic nitrogens is 2. The fourth-order valence-corrected chi connectivity index (χ4v) is 2.56. The number of nitrogens with zero attached hydrogens (tertiary/aromatic N) is 4. The molecule has 3 aromatic rings. The normalized spacial score (nSPS) is 11.9. The topological polar surface area (TPSA) is 42.0 Å². The van der Waals surface area contributed by atoms with Crippen molar-refractivity contribution in [2.75, 3.05) is 0 Å². The first-order valence-electron chi connectivity index (χ1n) is 7.62. The van der Waals surface area contributed by atoms with Gasteiger partial charge in [-0.05, 0) is 55.2 Å². The molecule has 0 atom stereocenters. The highest BCUT2D eigenvalue weighted by Gasteiger charge is 2.15. The van der Waals surface area contributed by atoms with Crippen LogP contribution in [0.5, 0.6) is 0 Å². The van der Waals surface area contributed by atoms with E-state index in [1.54, 1.807) is 0 Å². The second kappa shape index (κ2) is 6.13. The van der Waals surface area contributed by atoms with Gasteiger partial charge < -0.3 is 0 Å². The molecule has 0 bridgehead atoms. The summed E-state index contributed by atoms with van der Waals surface area (Å²) in [5.41, 5.74) is 5.02. The maximum Gasteiger partial charge on any atom is 0.183 e. The van der Waals surface area contributed by atoms with E-state index in [0.717, 1.165) is 22.8 Å². The number of hydrogen-bond donors (Lipinski definition) is 0. The molecule has 118 valence electrons. The summed E-state index contributed by atoms with van der Waals surface area (Å²) in [6.45, 7) is 8.35. The lowest BCUT2D eigenvalue weighted by molar-refractivity contribution is 0.831. The second-order valence-corrected chi connectivity index (χ2v) is 6.46. The highest BCUT2D eigenvalue weighted by atomic mass is 35.5. The molecule has 2 heterocycles. The fourth-order valence-electron chi connectivity index (χ4n) is 2.40. The number of fused-ring (bicyclic) bond motifs is 1. The van der Waals surface area contributed by atoms with E-state index < -0.39 is 0 Å². The Kier molecular flexibility index (Phi) is 4.18. The predicted molar refractivity (Wildman–Crippen MR) is 94.4 cm³/mol.